The first-order chi connectivity index (χ1) is 15.0. The molecule has 0 unspecified atom stereocenters. The molecule has 0 saturated carbocycles. The topological polar surface area (TPSA) is 107 Å². The average Bonchev–Trinajstić information content (AvgIpc) is 3.44. The summed E-state index contributed by atoms with van der Waals surface area (Å²) in [5, 5.41) is 11.2. The highest BCUT2D eigenvalue weighted by molar-refractivity contribution is 5.92. The Bertz CT molecular complexity index is 983. The molecule has 174 valence electrons. The molecule has 1 spiro atoms. The van der Waals surface area contributed by atoms with Gasteiger partial charge in [-0.2, -0.15) is 18.3 Å². The van der Waals surface area contributed by atoms with Crippen LogP contribution in [0.3, 0.4) is 0 Å². The summed E-state index contributed by atoms with van der Waals surface area (Å²) >= 11 is 0. The molecular weight excluding hydrogens is 440 g/mol. The van der Waals surface area contributed by atoms with Gasteiger partial charge in [-0.25, -0.2) is 14.2 Å². The number of rotatable bonds is 3. The summed E-state index contributed by atoms with van der Waals surface area (Å²) < 4.78 is 58.6. The van der Waals surface area contributed by atoms with Crippen molar-refractivity contribution in [2.45, 2.75) is 30.7 Å². The van der Waals surface area contributed by atoms with Crippen LogP contribution in [-0.2, 0) is 16.6 Å². The molecule has 4 heterocycles. The van der Waals surface area contributed by atoms with Gasteiger partial charge in [0.1, 0.15) is 11.8 Å². The highest BCUT2D eigenvalue weighted by Gasteiger charge is 2.48. The number of carboxylic acid groups (broad SMARTS) is 1. The van der Waals surface area contributed by atoms with E-state index < -0.39 is 23.6 Å². The number of aromatic nitrogens is 3. The van der Waals surface area contributed by atoms with Crippen LogP contribution in [0.1, 0.15) is 23.3 Å². The molecular formula is C19H20F4N4O5. The molecule has 2 aromatic heterocycles. The Morgan fingerprint density at radius 3 is 2.62 bits per heavy atom. The van der Waals surface area contributed by atoms with Crippen molar-refractivity contribution in [1.82, 2.24) is 19.7 Å². The molecule has 32 heavy (non-hydrogen) atoms. The van der Waals surface area contributed by atoms with Crippen molar-refractivity contribution in [3.8, 4) is 5.88 Å². The number of ether oxygens (including phenoxy) is 2. The predicted octanol–water partition coefficient (Wildman–Crippen LogP) is 2.04. The van der Waals surface area contributed by atoms with E-state index in [4.69, 9.17) is 19.4 Å². The van der Waals surface area contributed by atoms with Crippen LogP contribution in [0.2, 0.25) is 0 Å². The average molecular weight is 460 g/mol. The van der Waals surface area contributed by atoms with E-state index in [9.17, 15) is 22.4 Å². The van der Waals surface area contributed by atoms with Gasteiger partial charge in [0.05, 0.1) is 18.8 Å². The number of hydrogen-bond donors (Lipinski definition) is 1. The van der Waals surface area contributed by atoms with Crippen LogP contribution in [0.15, 0.2) is 30.6 Å². The van der Waals surface area contributed by atoms with E-state index in [-0.39, 0.29) is 17.9 Å². The normalized spacial score (nSPS) is 22.5. The molecule has 1 amide bonds. The van der Waals surface area contributed by atoms with Crippen LogP contribution < -0.4 is 4.74 Å². The fourth-order valence-electron chi connectivity index (χ4n) is 3.54. The number of carbonyl (C=O) groups is 2. The minimum atomic E-state index is -5.08. The molecule has 2 aliphatic heterocycles. The van der Waals surface area contributed by atoms with Gasteiger partial charge < -0.3 is 19.5 Å². The van der Waals surface area contributed by atoms with Gasteiger partial charge in [-0.05, 0) is 24.6 Å². The highest BCUT2D eigenvalue weighted by Crippen LogP contribution is 2.37. The number of hydrogen-bond acceptors (Lipinski definition) is 6. The van der Waals surface area contributed by atoms with Crippen LogP contribution in [0.5, 0.6) is 5.88 Å². The first-order valence-corrected chi connectivity index (χ1v) is 9.49. The molecule has 2 aliphatic rings. The zero-order valence-corrected chi connectivity index (χ0v) is 16.9. The van der Waals surface area contributed by atoms with E-state index in [1.54, 1.807) is 28.9 Å². The standard InChI is InChI=1S/C17H19FN4O3.C2HF3O2/c1-21-14(4-7-20-21)16(23)22-8-5-17(11-22)9-12(10-24-17)25-15-13(18)3-2-6-19-15;3-2(4,5)1(6)7/h2-4,6-7,12H,5,8-11H2,1H3;(H,6,7)/t12-,17+;/m1./s1. The molecule has 0 bridgehead atoms. The number of pyridine rings is 1. The van der Waals surface area contributed by atoms with E-state index in [0.29, 0.717) is 31.8 Å². The maximum atomic E-state index is 13.7. The van der Waals surface area contributed by atoms with Gasteiger partial charge in [0.2, 0.25) is 0 Å². The lowest BCUT2D eigenvalue weighted by Gasteiger charge is -2.23. The Morgan fingerprint density at radius 1 is 1.31 bits per heavy atom. The number of carbonyl (C=O) groups excluding carboxylic acids is 1. The van der Waals surface area contributed by atoms with Gasteiger partial charge in [-0.1, -0.05) is 0 Å². The number of amides is 1. The SMILES string of the molecule is Cn1nccc1C(=O)N1CC[C@]2(C[C@@H](Oc3ncccc3F)CO2)C1.O=C(O)C(F)(F)F. The van der Waals surface area contributed by atoms with Gasteiger partial charge in [0.25, 0.3) is 11.8 Å². The van der Waals surface area contributed by atoms with Crippen LogP contribution in [0.4, 0.5) is 17.6 Å². The molecule has 9 nitrogen and oxygen atoms in total. The molecule has 2 atom stereocenters. The zero-order chi connectivity index (χ0) is 23.5. The number of carboxylic acids is 1. The summed E-state index contributed by atoms with van der Waals surface area (Å²) in [6, 6.07) is 4.55. The van der Waals surface area contributed by atoms with Gasteiger partial charge in [-0.15, -0.1) is 0 Å². The number of aliphatic carboxylic acids is 1. The first kappa shape index (κ1) is 23.4. The Morgan fingerprint density at radius 2 is 2.03 bits per heavy atom. The van der Waals surface area contributed by atoms with Gasteiger partial charge in [0.15, 0.2) is 5.82 Å². The zero-order valence-electron chi connectivity index (χ0n) is 16.9. The molecule has 2 saturated heterocycles. The summed E-state index contributed by atoms with van der Waals surface area (Å²) in [6.45, 7) is 1.49. The predicted molar refractivity (Wildman–Crippen MR) is 99.3 cm³/mol. The Labute approximate surface area is 179 Å². The second-order valence-electron chi connectivity index (χ2n) is 7.35. The highest BCUT2D eigenvalue weighted by atomic mass is 19.4. The molecule has 1 N–H and O–H groups in total. The summed E-state index contributed by atoms with van der Waals surface area (Å²) in [6.07, 6.45) is -0.903. The third-order valence-corrected chi connectivity index (χ3v) is 5.06. The van der Waals surface area contributed by atoms with Gasteiger partial charge >= 0.3 is 12.1 Å². The lowest BCUT2D eigenvalue weighted by Crippen LogP contribution is -2.36. The van der Waals surface area contributed by atoms with Crippen molar-refractivity contribution >= 4 is 11.9 Å². The first-order valence-electron chi connectivity index (χ1n) is 9.49. The third kappa shape index (κ3) is 5.33. The maximum Gasteiger partial charge on any atom is 0.490 e. The number of likely N-dealkylation sites (tertiary alicyclic amines) is 1. The largest absolute Gasteiger partial charge is 0.490 e. The van der Waals surface area contributed by atoms with E-state index in [0.717, 1.165) is 6.42 Å². The van der Waals surface area contributed by atoms with Gasteiger partial charge in [0, 0.05) is 32.4 Å². The second-order valence-corrected chi connectivity index (χ2v) is 7.35. The lowest BCUT2D eigenvalue weighted by molar-refractivity contribution is -0.192. The van der Waals surface area contributed by atoms with Crippen molar-refractivity contribution in [3.05, 3.63) is 42.1 Å². The summed E-state index contributed by atoms with van der Waals surface area (Å²) in [4.78, 5) is 27.2. The van der Waals surface area contributed by atoms with Crippen LogP contribution in [0, 0.1) is 5.82 Å². The number of aryl methyl sites for hydroxylation is 1. The molecule has 2 fully saturated rings. The fourth-order valence-corrected chi connectivity index (χ4v) is 3.54. The van der Waals surface area contributed by atoms with Crippen molar-refractivity contribution in [2.24, 2.45) is 7.05 Å². The minimum absolute atomic E-state index is 0.00559. The molecule has 0 aliphatic carbocycles. The summed E-state index contributed by atoms with van der Waals surface area (Å²) in [7, 11) is 1.75. The lowest BCUT2D eigenvalue weighted by atomic mass is 9.98. The quantitative estimate of drug-likeness (QED) is 0.699. The van der Waals surface area contributed by atoms with Crippen molar-refractivity contribution < 1.29 is 41.7 Å². The summed E-state index contributed by atoms with van der Waals surface area (Å²) in [5.41, 5.74) is 0.128. The molecule has 2 aromatic rings. The number of alkyl halides is 3. The Balaban J connectivity index is 0.000000360. The van der Waals surface area contributed by atoms with Crippen LogP contribution >= 0.6 is 0 Å². The van der Waals surface area contributed by atoms with E-state index in [2.05, 4.69) is 10.1 Å². The smallest absolute Gasteiger partial charge is 0.475 e. The Hall–Kier alpha value is -3.22. The van der Waals surface area contributed by atoms with Gasteiger partial charge in [-0.3, -0.25) is 9.48 Å². The van der Waals surface area contributed by atoms with Crippen molar-refractivity contribution in [1.29, 1.82) is 0 Å². The van der Waals surface area contributed by atoms with E-state index >= 15 is 0 Å². The second kappa shape index (κ2) is 9.10. The van der Waals surface area contributed by atoms with Crippen molar-refractivity contribution in [2.75, 3.05) is 19.7 Å². The minimum Gasteiger partial charge on any atom is -0.475 e. The number of nitrogens with zero attached hydrogens (tertiary/aromatic N) is 4. The van der Waals surface area contributed by atoms with E-state index in [1.165, 1.54) is 18.3 Å². The van der Waals surface area contributed by atoms with Crippen LogP contribution in [-0.4, -0.2) is 74.2 Å². The van der Waals surface area contributed by atoms with E-state index in [1.807, 2.05) is 0 Å². The van der Waals surface area contributed by atoms with Crippen molar-refractivity contribution in [3.63, 3.8) is 0 Å². The molecule has 0 radical (unpaired) electrons. The molecule has 13 heteroatoms. The fraction of sp³-hybridized carbons (Fsp3) is 0.474. The Kier molecular flexibility index (Phi) is 6.67. The maximum absolute atomic E-state index is 13.7. The third-order valence-electron chi connectivity index (χ3n) is 5.06. The number of halogens is 4. The molecule has 4 rings (SSSR count). The molecule has 0 aromatic carbocycles. The monoisotopic (exact) mass is 460 g/mol. The van der Waals surface area contributed by atoms with Crippen LogP contribution in [0.25, 0.3) is 0 Å². The summed E-state index contributed by atoms with van der Waals surface area (Å²) in [5.74, 6) is -3.30.